The lowest BCUT2D eigenvalue weighted by Crippen LogP contribution is -2.10. The maximum absolute atomic E-state index is 11.8. The van der Waals surface area contributed by atoms with Crippen LogP contribution in [0.1, 0.15) is 11.4 Å². The van der Waals surface area contributed by atoms with Gasteiger partial charge in [0.05, 0.1) is 17.6 Å². The van der Waals surface area contributed by atoms with Crippen LogP contribution in [-0.2, 0) is 16.1 Å². The molecule has 0 aliphatic carbocycles. The number of rotatable bonds is 5. The van der Waals surface area contributed by atoms with E-state index in [0.29, 0.717) is 13.2 Å². The number of ether oxygens (including phenoxy) is 1. The zero-order valence-electron chi connectivity index (χ0n) is 13.0. The van der Waals surface area contributed by atoms with E-state index in [9.17, 15) is 4.79 Å². The Morgan fingerprint density at radius 2 is 1.87 bits per heavy atom. The van der Waals surface area contributed by atoms with E-state index in [0.717, 1.165) is 22.4 Å². The van der Waals surface area contributed by atoms with Crippen molar-refractivity contribution in [2.45, 2.75) is 13.5 Å². The number of esters is 1. The quantitative estimate of drug-likeness (QED) is 0.534. The third-order valence-electron chi connectivity index (χ3n) is 3.62. The second-order valence-corrected chi connectivity index (χ2v) is 5.21. The zero-order chi connectivity index (χ0) is 16.1. The van der Waals surface area contributed by atoms with Crippen LogP contribution in [0.3, 0.4) is 0 Å². The number of nitrogens with zero attached hydrogens (tertiary/aromatic N) is 2. The van der Waals surface area contributed by atoms with Gasteiger partial charge >= 0.3 is 5.97 Å². The summed E-state index contributed by atoms with van der Waals surface area (Å²) in [6.07, 6.45) is 3.20. The van der Waals surface area contributed by atoms with Crippen molar-refractivity contribution in [3.63, 3.8) is 0 Å². The van der Waals surface area contributed by atoms with Gasteiger partial charge in [-0.15, -0.1) is 0 Å². The van der Waals surface area contributed by atoms with Gasteiger partial charge in [0.1, 0.15) is 12.4 Å². The number of carbonyl (C=O) groups is 1. The molecular weight excluding hydrogens is 288 g/mol. The maximum atomic E-state index is 11.8. The van der Waals surface area contributed by atoms with Crippen molar-refractivity contribution in [3.8, 4) is 0 Å². The number of carbonyl (C=O) groups excluding carboxylic acids is 1. The monoisotopic (exact) mass is 306 g/mol. The SMILES string of the molecule is Cc1nc2ccccc2n1CCOC(=O)C=Cc1ccccc1. The molecule has 23 heavy (non-hydrogen) atoms. The lowest BCUT2D eigenvalue weighted by molar-refractivity contribution is -0.137. The number of aryl methyl sites for hydroxylation is 1. The molecular formula is C19H18N2O2. The van der Waals surface area contributed by atoms with Gasteiger partial charge in [0.2, 0.25) is 0 Å². The normalized spacial score (nSPS) is 11.2. The molecule has 116 valence electrons. The molecule has 4 nitrogen and oxygen atoms in total. The average molecular weight is 306 g/mol. The molecule has 1 heterocycles. The Morgan fingerprint density at radius 3 is 2.70 bits per heavy atom. The second-order valence-electron chi connectivity index (χ2n) is 5.21. The summed E-state index contributed by atoms with van der Waals surface area (Å²) in [5.41, 5.74) is 2.99. The molecule has 0 saturated heterocycles. The highest BCUT2D eigenvalue weighted by atomic mass is 16.5. The third-order valence-corrected chi connectivity index (χ3v) is 3.62. The van der Waals surface area contributed by atoms with Crippen LogP contribution >= 0.6 is 0 Å². The predicted molar refractivity (Wildman–Crippen MR) is 90.9 cm³/mol. The zero-order valence-corrected chi connectivity index (χ0v) is 13.0. The van der Waals surface area contributed by atoms with Crippen molar-refractivity contribution in [1.82, 2.24) is 9.55 Å². The summed E-state index contributed by atoms with van der Waals surface area (Å²) in [6, 6.07) is 17.6. The van der Waals surface area contributed by atoms with Crippen LogP contribution in [0.5, 0.6) is 0 Å². The minimum Gasteiger partial charge on any atom is -0.461 e. The van der Waals surface area contributed by atoms with E-state index < -0.39 is 0 Å². The van der Waals surface area contributed by atoms with Gasteiger partial charge in [0, 0.05) is 6.08 Å². The van der Waals surface area contributed by atoms with Gasteiger partial charge in [0.25, 0.3) is 0 Å². The summed E-state index contributed by atoms with van der Waals surface area (Å²) in [7, 11) is 0. The van der Waals surface area contributed by atoms with Gasteiger partial charge in [-0.25, -0.2) is 9.78 Å². The number of hydrogen-bond donors (Lipinski definition) is 0. The van der Waals surface area contributed by atoms with Crippen molar-refractivity contribution in [2.75, 3.05) is 6.61 Å². The molecule has 0 amide bonds. The summed E-state index contributed by atoms with van der Waals surface area (Å²) >= 11 is 0. The van der Waals surface area contributed by atoms with Gasteiger partial charge in [-0.2, -0.15) is 0 Å². The first kappa shape index (κ1) is 15.0. The highest BCUT2D eigenvalue weighted by Gasteiger charge is 2.06. The lowest BCUT2D eigenvalue weighted by atomic mass is 10.2. The molecule has 0 fully saturated rings. The number of aromatic nitrogens is 2. The fourth-order valence-electron chi connectivity index (χ4n) is 2.49. The molecule has 2 aromatic carbocycles. The minimum absolute atomic E-state index is 0.319. The van der Waals surface area contributed by atoms with Crippen LogP contribution < -0.4 is 0 Å². The number of imidazole rings is 1. The molecule has 0 saturated carbocycles. The van der Waals surface area contributed by atoms with Crippen molar-refractivity contribution in [2.24, 2.45) is 0 Å². The van der Waals surface area contributed by atoms with Crippen LogP contribution in [0.4, 0.5) is 0 Å². The van der Waals surface area contributed by atoms with Crippen LogP contribution in [0.2, 0.25) is 0 Å². The maximum Gasteiger partial charge on any atom is 0.330 e. The minimum atomic E-state index is -0.337. The van der Waals surface area contributed by atoms with Gasteiger partial charge in [0.15, 0.2) is 0 Å². The van der Waals surface area contributed by atoms with E-state index in [-0.39, 0.29) is 5.97 Å². The van der Waals surface area contributed by atoms with Crippen molar-refractivity contribution < 1.29 is 9.53 Å². The standard InChI is InChI=1S/C19H18N2O2/c1-15-20-17-9-5-6-10-18(17)21(15)13-14-23-19(22)12-11-16-7-3-2-4-8-16/h2-12H,13-14H2,1H3. The molecule has 3 rings (SSSR count). The van der Waals surface area contributed by atoms with Crippen molar-refractivity contribution in [1.29, 1.82) is 0 Å². The molecule has 3 aromatic rings. The Bertz CT molecular complexity index is 835. The van der Waals surface area contributed by atoms with Crippen LogP contribution in [0.15, 0.2) is 60.7 Å². The molecule has 0 spiro atoms. The van der Waals surface area contributed by atoms with Gasteiger partial charge < -0.3 is 9.30 Å². The molecule has 0 aliphatic rings. The number of fused-ring (bicyclic) bond motifs is 1. The molecule has 0 unspecified atom stereocenters. The molecule has 0 bridgehead atoms. The molecule has 0 radical (unpaired) electrons. The Hall–Kier alpha value is -2.88. The number of para-hydroxylation sites is 2. The Balaban J connectivity index is 1.57. The van der Waals surface area contributed by atoms with E-state index in [1.54, 1.807) is 6.08 Å². The summed E-state index contributed by atoms with van der Waals surface area (Å²) in [5.74, 6) is 0.581. The summed E-state index contributed by atoms with van der Waals surface area (Å²) in [5, 5.41) is 0. The third kappa shape index (κ3) is 3.66. The fraction of sp³-hybridized carbons (Fsp3) is 0.158. The van der Waals surface area contributed by atoms with E-state index in [1.807, 2.05) is 61.5 Å². The molecule has 0 aliphatic heterocycles. The Kier molecular flexibility index (Phi) is 4.52. The average Bonchev–Trinajstić information content (AvgIpc) is 2.90. The number of benzene rings is 2. The van der Waals surface area contributed by atoms with Crippen LogP contribution in [0, 0.1) is 6.92 Å². The highest BCUT2D eigenvalue weighted by Crippen LogP contribution is 2.15. The smallest absolute Gasteiger partial charge is 0.330 e. The molecule has 0 atom stereocenters. The van der Waals surface area contributed by atoms with Gasteiger partial charge in [-0.05, 0) is 30.7 Å². The summed E-state index contributed by atoms with van der Waals surface area (Å²) < 4.78 is 7.33. The van der Waals surface area contributed by atoms with Gasteiger partial charge in [-0.1, -0.05) is 42.5 Å². The first-order chi connectivity index (χ1) is 11.2. The molecule has 4 heteroatoms. The Morgan fingerprint density at radius 1 is 1.13 bits per heavy atom. The van der Waals surface area contributed by atoms with Crippen LogP contribution in [0.25, 0.3) is 17.1 Å². The summed E-state index contributed by atoms with van der Waals surface area (Å²) in [4.78, 5) is 16.3. The largest absolute Gasteiger partial charge is 0.461 e. The van der Waals surface area contributed by atoms with Crippen LogP contribution in [-0.4, -0.2) is 22.1 Å². The number of hydrogen-bond acceptors (Lipinski definition) is 3. The van der Waals surface area contributed by atoms with Crippen molar-refractivity contribution >= 4 is 23.1 Å². The second kappa shape index (κ2) is 6.92. The van der Waals surface area contributed by atoms with Gasteiger partial charge in [-0.3, -0.25) is 0 Å². The molecule has 0 N–H and O–H groups in total. The lowest BCUT2D eigenvalue weighted by Gasteiger charge is -2.07. The Labute approximate surface area is 135 Å². The first-order valence-electron chi connectivity index (χ1n) is 7.56. The van der Waals surface area contributed by atoms with E-state index in [4.69, 9.17) is 4.74 Å². The van der Waals surface area contributed by atoms with E-state index in [2.05, 4.69) is 9.55 Å². The first-order valence-corrected chi connectivity index (χ1v) is 7.56. The van der Waals surface area contributed by atoms with Crippen molar-refractivity contribution in [3.05, 3.63) is 72.1 Å². The van der Waals surface area contributed by atoms with E-state index in [1.165, 1.54) is 6.08 Å². The predicted octanol–water partition coefficient (Wildman–Crippen LogP) is 3.60. The fourth-order valence-corrected chi connectivity index (χ4v) is 2.49. The topological polar surface area (TPSA) is 44.1 Å². The summed E-state index contributed by atoms with van der Waals surface area (Å²) in [6.45, 7) is 2.87. The highest BCUT2D eigenvalue weighted by molar-refractivity contribution is 5.87. The molecule has 1 aromatic heterocycles. The van der Waals surface area contributed by atoms with E-state index >= 15 is 0 Å².